The minimum Gasteiger partial charge on any atom is -0.297 e. The normalized spacial score (nSPS) is 12.4. The lowest BCUT2D eigenvalue weighted by Crippen LogP contribution is -2.06. The minimum atomic E-state index is -0.101. The predicted molar refractivity (Wildman–Crippen MR) is 65.6 cm³/mol. The summed E-state index contributed by atoms with van der Waals surface area (Å²) in [7, 11) is 0. The Labute approximate surface area is 95.6 Å². The zero-order chi connectivity index (χ0) is 11.4. The van der Waals surface area contributed by atoms with Crippen LogP contribution in [0.2, 0.25) is 0 Å². The molecule has 0 spiro atoms. The monoisotopic (exact) mass is 213 g/mol. The summed E-state index contributed by atoms with van der Waals surface area (Å²) in [6.07, 6.45) is -0.101. The maximum Gasteiger partial charge on any atom is 0.101 e. The molecule has 0 saturated heterocycles. The van der Waals surface area contributed by atoms with E-state index in [-0.39, 0.29) is 6.10 Å². The van der Waals surface area contributed by atoms with Gasteiger partial charge in [-0.05, 0) is 23.6 Å². The third-order valence-electron chi connectivity index (χ3n) is 2.69. The smallest absolute Gasteiger partial charge is 0.101 e. The van der Waals surface area contributed by atoms with Gasteiger partial charge in [-0.1, -0.05) is 54.6 Å². The largest absolute Gasteiger partial charge is 0.297 e. The SMILES string of the molecule is CC(ON)c1ccccc1-c1ccccc1. The van der Waals surface area contributed by atoms with Crippen molar-refractivity contribution in [1.29, 1.82) is 0 Å². The molecule has 0 aliphatic rings. The van der Waals surface area contributed by atoms with Crippen LogP contribution in [0.5, 0.6) is 0 Å². The van der Waals surface area contributed by atoms with E-state index in [9.17, 15) is 0 Å². The van der Waals surface area contributed by atoms with Gasteiger partial charge in [-0.15, -0.1) is 0 Å². The molecule has 2 nitrogen and oxygen atoms in total. The second-order valence-electron chi connectivity index (χ2n) is 3.73. The van der Waals surface area contributed by atoms with Crippen molar-refractivity contribution in [2.45, 2.75) is 13.0 Å². The molecule has 0 aliphatic heterocycles. The fourth-order valence-electron chi connectivity index (χ4n) is 1.81. The molecule has 82 valence electrons. The van der Waals surface area contributed by atoms with E-state index >= 15 is 0 Å². The van der Waals surface area contributed by atoms with E-state index in [1.165, 1.54) is 11.1 Å². The molecule has 0 aliphatic carbocycles. The molecule has 0 aromatic heterocycles. The molecule has 2 N–H and O–H groups in total. The van der Waals surface area contributed by atoms with Gasteiger partial charge in [0.2, 0.25) is 0 Å². The second kappa shape index (κ2) is 4.92. The Bertz CT molecular complexity index is 453. The highest BCUT2D eigenvalue weighted by Crippen LogP contribution is 2.28. The van der Waals surface area contributed by atoms with Gasteiger partial charge in [-0.25, -0.2) is 5.90 Å². The van der Waals surface area contributed by atoms with Gasteiger partial charge in [0, 0.05) is 0 Å². The van der Waals surface area contributed by atoms with Crippen LogP contribution in [0.4, 0.5) is 0 Å². The maximum absolute atomic E-state index is 5.25. The average Bonchev–Trinajstić information content (AvgIpc) is 2.39. The first kappa shape index (κ1) is 10.9. The average molecular weight is 213 g/mol. The first-order chi connectivity index (χ1) is 7.83. The van der Waals surface area contributed by atoms with Crippen molar-refractivity contribution < 1.29 is 4.84 Å². The van der Waals surface area contributed by atoms with Gasteiger partial charge in [0.15, 0.2) is 0 Å². The molecule has 1 atom stereocenters. The van der Waals surface area contributed by atoms with E-state index in [1.54, 1.807) is 0 Å². The Morgan fingerprint density at radius 3 is 2.25 bits per heavy atom. The van der Waals surface area contributed by atoms with Crippen LogP contribution >= 0.6 is 0 Å². The summed E-state index contributed by atoms with van der Waals surface area (Å²) < 4.78 is 0. The molecule has 1 unspecified atom stereocenters. The van der Waals surface area contributed by atoms with Crippen molar-refractivity contribution >= 4 is 0 Å². The van der Waals surface area contributed by atoms with E-state index in [2.05, 4.69) is 18.2 Å². The van der Waals surface area contributed by atoms with E-state index in [1.807, 2.05) is 43.3 Å². The molecule has 0 fully saturated rings. The molecular formula is C14H15NO. The van der Waals surface area contributed by atoms with Crippen LogP contribution in [-0.4, -0.2) is 0 Å². The van der Waals surface area contributed by atoms with E-state index in [4.69, 9.17) is 10.7 Å². The summed E-state index contributed by atoms with van der Waals surface area (Å²) in [6, 6.07) is 18.4. The summed E-state index contributed by atoms with van der Waals surface area (Å²) in [5.41, 5.74) is 3.46. The van der Waals surface area contributed by atoms with Crippen LogP contribution < -0.4 is 5.90 Å². The number of nitrogens with two attached hydrogens (primary N) is 1. The van der Waals surface area contributed by atoms with Gasteiger partial charge in [0.25, 0.3) is 0 Å². The van der Waals surface area contributed by atoms with Crippen molar-refractivity contribution in [2.24, 2.45) is 5.90 Å². The summed E-state index contributed by atoms with van der Waals surface area (Å²) >= 11 is 0. The summed E-state index contributed by atoms with van der Waals surface area (Å²) in [6.45, 7) is 1.95. The van der Waals surface area contributed by atoms with Crippen molar-refractivity contribution in [3.63, 3.8) is 0 Å². The van der Waals surface area contributed by atoms with Crippen LogP contribution in [-0.2, 0) is 4.84 Å². The van der Waals surface area contributed by atoms with Crippen LogP contribution in [0.1, 0.15) is 18.6 Å². The Morgan fingerprint density at radius 1 is 0.938 bits per heavy atom. The van der Waals surface area contributed by atoms with Gasteiger partial charge >= 0.3 is 0 Å². The molecule has 2 aromatic carbocycles. The molecule has 0 heterocycles. The molecular weight excluding hydrogens is 198 g/mol. The number of benzene rings is 2. The first-order valence-corrected chi connectivity index (χ1v) is 5.33. The quantitative estimate of drug-likeness (QED) is 0.794. The number of hydrogen-bond acceptors (Lipinski definition) is 2. The highest BCUT2D eigenvalue weighted by Gasteiger charge is 2.10. The van der Waals surface area contributed by atoms with E-state index < -0.39 is 0 Å². The van der Waals surface area contributed by atoms with Crippen molar-refractivity contribution in [3.05, 3.63) is 60.2 Å². The van der Waals surface area contributed by atoms with Crippen LogP contribution in [0.3, 0.4) is 0 Å². The van der Waals surface area contributed by atoms with Gasteiger partial charge in [-0.3, -0.25) is 4.84 Å². The van der Waals surface area contributed by atoms with Crippen molar-refractivity contribution in [1.82, 2.24) is 0 Å². The van der Waals surface area contributed by atoms with E-state index in [0.717, 1.165) is 5.56 Å². The topological polar surface area (TPSA) is 35.2 Å². The molecule has 0 amide bonds. The van der Waals surface area contributed by atoms with Gasteiger partial charge < -0.3 is 0 Å². The van der Waals surface area contributed by atoms with Crippen molar-refractivity contribution in [3.8, 4) is 11.1 Å². The Kier molecular flexibility index (Phi) is 3.34. The molecule has 0 radical (unpaired) electrons. The fraction of sp³-hybridized carbons (Fsp3) is 0.143. The highest BCUT2D eigenvalue weighted by molar-refractivity contribution is 5.67. The zero-order valence-electron chi connectivity index (χ0n) is 9.26. The predicted octanol–water partition coefficient (Wildman–Crippen LogP) is 3.30. The summed E-state index contributed by atoms with van der Waals surface area (Å²) in [4.78, 5) is 4.90. The maximum atomic E-state index is 5.25. The third kappa shape index (κ3) is 2.13. The lowest BCUT2D eigenvalue weighted by atomic mass is 9.97. The summed E-state index contributed by atoms with van der Waals surface area (Å²) in [5.74, 6) is 5.25. The lowest BCUT2D eigenvalue weighted by Gasteiger charge is -2.14. The first-order valence-electron chi connectivity index (χ1n) is 5.33. The Hall–Kier alpha value is -1.64. The zero-order valence-corrected chi connectivity index (χ0v) is 9.26. The molecule has 2 aromatic rings. The molecule has 0 bridgehead atoms. The number of hydrogen-bond donors (Lipinski definition) is 1. The second-order valence-corrected chi connectivity index (χ2v) is 3.73. The van der Waals surface area contributed by atoms with Gasteiger partial charge in [0.05, 0.1) is 0 Å². The van der Waals surface area contributed by atoms with Crippen LogP contribution in [0.25, 0.3) is 11.1 Å². The lowest BCUT2D eigenvalue weighted by molar-refractivity contribution is 0.0668. The van der Waals surface area contributed by atoms with Crippen LogP contribution in [0.15, 0.2) is 54.6 Å². The molecule has 0 saturated carbocycles. The summed E-state index contributed by atoms with van der Waals surface area (Å²) in [5, 5.41) is 0. The fourth-order valence-corrected chi connectivity index (χ4v) is 1.81. The Balaban J connectivity index is 2.49. The molecule has 16 heavy (non-hydrogen) atoms. The molecule has 2 heteroatoms. The van der Waals surface area contributed by atoms with Crippen LogP contribution in [0, 0.1) is 0 Å². The molecule has 2 rings (SSSR count). The van der Waals surface area contributed by atoms with Crippen molar-refractivity contribution in [2.75, 3.05) is 0 Å². The third-order valence-corrected chi connectivity index (χ3v) is 2.69. The minimum absolute atomic E-state index is 0.101. The standard InChI is InChI=1S/C14H15NO/c1-11(16-15)13-9-5-6-10-14(13)12-7-3-2-4-8-12/h2-11H,15H2,1H3. The Morgan fingerprint density at radius 2 is 1.56 bits per heavy atom. The highest BCUT2D eigenvalue weighted by atomic mass is 16.6. The van der Waals surface area contributed by atoms with Gasteiger partial charge in [0.1, 0.15) is 6.10 Å². The number of rotatable bonds is 3. The van der Waals surface area contributed by atoms with Gasteiger partial charge in [-0.2, -0.15) is 0 Å². The van der Waals surface area contributed by atoms with E-state index in [0.29, 0.717) is 0 Å².